The Bertz CT molecular complexity index is 1170. The topological polar surface area (TPSA) is 116 Å². The van der Waals surface area contributed by atoms with Crippen LogP contribution >= 0.6 is 11.6 Å². The lowest BCUT2D eigenvalue weighted by Crippen LogP contribution is -2.20. The van der Waals surface area contributed by atoms with Crippen molar-refractivity contribution in [2.75, 3.05) is 11.9 Å². The molecule has 0 unspecified atom stereocenters. The van der Waals surface area contributed by atoms with E-state index in [2.05, 4.69) is 10.4 Å². The van der Waals surface area contributed by atoms with Gasteiger partial charge in [-0.2, -0.15) is 5.10 Å². The van der Waals surface area contributed by atoms with Crippen LogP contribution in [-0.2, 0) is 20.9 Å². The highest BCUT2D eigenvalue weighted by Crippen LogP contribution is 2.23. The summed E-state index contributed by atoms with van der Waals surface area (Å²) in [5.74, 6) is -1.47. The van der Waals surface area contributed by atoms with E-state index < -0.39 is 23.4 Å². The van der Waals surface area contributed by atoms with Crippen LogP contribution in [0.4, 0.5) is 11.4 Å². The Morgan fingerprint density at radius 3 is 2.59 bits per heavy atom. The maximum atomic E-state index is 12.0. The van der Waals surface area contributed by atoms with Crippen LogP contribution in [0.1, 0.15) is 16.8 Å². The van der Waals surface area contributed by atoms with Crippen molar-refractivity contribution in [2.45, 2.75) is 13.5 Å². The Morgan fingerprint density at radius 2 is 1.88 bits per heavy atom. The fraction of sp³-hybridized carbons (Fsp3) is 0.136. The maximum absolute atomic E-state index is 12.0. The van der Waals surface area contributed by atoms with E-state index in [1.807, 2.05) is 30.3 Å². The van der Waals surface area contributed by atoms with Crippen molar-refractivity contribution in [3.05, 3.63) is 92.8 Å². The predicted molar refractivity (Wildman–Crippen MR) is 119 cm³/mol. The Labute approximate surface area is 188 Å². The fourth-order valence-corrected chi connectivity index (χ4v) is 3.18. The number of hydrogen-bond donors (Lipinski definition) is 1. The molecule has 9 nitrogen and oxygen atoms in total. The highest BCUT2D eigenvalue weighted by molar-refractivity contribution is 6.31. The molecule has 0 spiro atoms. The first-order chi connectivity index (χ1) is 15.3. The van der Waals surface area contributed by atoms with Gasteiger partial charge in [0.1, 0.15) is 10.8 Å². The average molecular weight is 455 g/mol. The number of carbonyl (C=O) groups is 2. The summed E-state index contributed by atoms with van der Waals surface area (Å²) in [6.45, 7) is 1.64. The highest BCUT2D eigenvalue weighted by atomic mass is 35.5. The number of amides is 1. The second-order valence-electron chi connectivity index (χ2n) is 6.70. The largest absolute Gasteiger partial charge is 0.452 e. The molecule has 0 aliphatic heterocycles. The maximum Gasteiger partial charge on any atom is 0.331 e. The van der Waals surface area contributed by atoms with Crippen LogP contribution in [0.3, 0.4) is 0 Å². The van der Waals surface area contributed by atoms with Gasteiger partial charge in [-0.25, -0.2) is 9.48 Å². The van der Waals surface area contributed by atoms with Gasteiger partial charge in [0.15, 0.2) is 6.61 Å². The van der Waals surface area contributed by atoms with Gasteiger partial charge in [0.25, 0.3) is 11.6 Å². The van der Waals surface area contributed by atoms with Gasteiger partial charge in [-0.05, 0) is 24.6 Å². The molecule has 10 heteroatoms. The number of anilines is 1. The number of rotatable bonds is 8. The van der Waals surface area contributed by atoms with E-state index in [9.17, 15) is 19.7 Å². The third-order valence-corrected chi connectivity index (χ3v) is 4.79. The molecule has 3 rings (SSSR count). The van der Waals surface area contributed by atoms with Gasteiger partial charge in [-0.15, -0.1) is 0 Å². The summed E-state index contributed by atoms with van der Waals surface area (Å²) in [4.78, 5) is 34.4. The second kappa shape index (κ2) is 10.4. The molecule has 1 N–H and O–H groups in total. The summed E-state index contributed by atoms with van der Waals surface area (Å²) in [7, 11) is 0. The molecule has 1 aromatic heterocycles. The third kappa shape index (κ3) is 5.79. The van der Waals surface area contributed by atoms with Gasteiger partial charge in [-0.1, -0.05) is 54.1 Å². The number of carbonyl (C=O) groups excluding carboxylic acids is 2. The number of ether oxygens (including phenoxy) is 1. The molecular weight excluding hydrogens is 436 g/mol. The van der Waals surface area contributed by atoms with E-state index in [1.54, 1.807) is 17.7 Å². The molecule has 1 amide bonds. The molecule has 0 bridgehead atoms. The first-order valence-electron chi connectivity index (χ1n) is 9.50. The summed E-state index contributed by atoms with van der Waals surface area (Å²) in [6.07, 6.45) is 2.61. The minimum Gasteiger partial charge on any atom is -0.452 e. The summed E-state index contributed by atoms with van der Waals surface area (Å²) < 4.78 is 6.52. The molecule has 0 aliphatic rings. The number of nitrogens with zero attached hydrogens (tertiary/aromatic N) is 3. The normalized spacial score (nSPS) is 10.8. The Balaban J connectivity index is 1.58. The van der Waals surface area contributed by atoms with Crippen molar-refractivity contribution in [2.24, 2.45) is 0 Å². The quantitative estimate of drug-likeness (QED) is 0.238. The Morgan fingerprint density at radius 1 is 1.19 bits per heavy atom. The molecule has 3 aromatic rings. The standard InChI is InChI=1S/C22H19ClN4O5/c1-15-17(22(23)26(25-15)13-16-7-3-2-4-8-16)11-12-21(29)32-14-20(28)24-18-9-5-6-10-19(18)27(30)31/h2-12H,13-14H2,1H3,(H,24,28)/b12-11+. The number of hydrogen-bond acceptors (Lipinski definition) is 6. The second-order valence-corrected chi connectivity index (χ2v) is 7.05. The zero-order chi connectivity index (χ0) is 23.1. The number of benzene rings is 2. The SMILES string of the molecule is Cc1nn(Cc2ccccc2)c(Cl)c1/C=C/C(=O)OCC(=O)Nc1ccccc1[N+](=O)[O-]. The van der Waals surface area contributed by atoms with E-state index in [0.717, 1.165) is 11.6 Å². The Hall–Kier alpha value is -3.98. The molecule has 1 heterocycles. The Kier molecular flexibility index (Phi) is 7.35. The van der Waals surface area contributed by atoms with E-state index in [4.69, 9.17) is 16.3 Å². The van der Waals surface area contributed by atoms with Crippen molar-refractivity contribution in [1.82, 2.24) is 9.78 Å². The van der Waals surface area contributed by atoms with Gasteiger partial charge in [0, 0.05) is 17.7 Å². The first-order valence-corrected chi connectivity index (χ1v) is 9.88. The average Bonchev–Trinajstić information content (AvgIpc) is 3.04. The number of halogens is 1. The van der Waals surface area contributed by atoms with Gasteiger partial charge in [-0.3, -0.25) is 14.9 Å². The molecule has 0 saturated heterocycles. The van der Waals surface area contributed by atoms with Crippen molar-refractivity contribution in [3.8, 4) is 0 Å². The van der Waals surface area contributed by atoms with Crippen LogP contribution in [0.15, 0.2) is 60.7 Å². The molecular formula is C22H19ClN4O5. The summed E-state index contributed by atoms with van der Waals surface area (Å²) >= 11 is 6.40. The number of nitro groups is 1. The van der Waals surface area contributed by atoms with Crippen LogP contribution in [0, 0.1) is 17.0 Å². The lowest BCUT2D eigenvalue weighted by atomic mass is 10.2. The minimum atomic E-state index is -0.769. The molecule has 164 valence electrons. The summed E-state index contributed by atoms with van der Waals surface area (Å²) in [5, 5.41) is 18.1. The van der Waals surface area contributed by atoms with Crippen LogP contribution < -0.4 is 5.32 Å². The lowest BCUT2D eigenvalue weighted by molar-refractivity contribution is -0.383. The predicted octanol–water partition coefficient (Wildman–Crippen LogP) is 4.00. The molecule has 0 aliphatic carbocycles. The van der Waals surface area contributed by atoms with Gasteiger partial charge >= 0.3 is 5.97 Å². The van der Waals surface area contributed by atoms with E-state index in [0.29, 0.717) is 23.0 Å². The van der Waals surface area contributed by atoms with Crippen molar-refractivity contribution < 1.29 is 19.2 Å². The van der Waals surface area contributed by atoms with Crippen LogP contribution in [0.25, 0.3) is 6.08 Å². The first kappa shape index (κ1) is 22.7. The van der Waals surface area contributed by atoms with Crippen LogP contribution in [0.2, 0.25) is 5.15 Å². The van der Waals surface area contributed by atoms with Crippen LogP contribution in [-0.4, -0.2) is 33.2 Å². The van der Waals surface area contributed by atoms with E-state index in [1.165, 1.54) is 24.3 Å². The van der Waals surface area contributed by atoms with Crippen molar-refractivity contribution in [1.29, 1.82) is 0 Å². The monoisotopic (exact) mass is 454 g/mol. The lowest BCUT2D eigenvalue weighted by Gasteiger charge is -2.05. The minimum absolute atomic E-state index is 0.0160. The molecule has 0 saturated carbocycles. The third-order valence-electron chi connectivity index (χ3n) is 4.39. The number of nitrogens with one attached hydrogen (secondary N) is 1. The zero-order valence-corrected chi connectivity index (χ0v) is 17.8. The fourth-order valence-electron chi connectivity index (χ4n) is 2.88. The number of para-hydroxylation sites is 2. The summed E-state index contributed by atoms with van der Waals surface area (Å²) in [5.41, 5.74) is 1.97. The highest BCUT2D eigenvalue weighted by Gasteiger charge is 2.16. The van der Waals surface area contributed by atoms with Crippen molar-refractivity contribution in [3.63, 3.8) is 0 Å². The molecule has 0 radical (unpaired) electrons. The van der Waals surface area contributed by atoms with Gasteiger partial charge < -0.3 is 10.1 Å². The van der Waals surface area contributed by atoms with E-state index >= 15 is 0 Å². The van der Waals surface area contributed by atoms with Crippen LogP contribution in [0.5, 0.6) is 0 Å². The molecule has 32 heavy (non-hydrogen) atoms. The van der Waals surface area contributed by atoms with E-state index in [-0.39, 0.29) is 11.4 Å². The number of aryl methyl sites for hydroxylation is 1. The smallest absolute Gasteiger partial charge is 0.331 e. The van der Waals surface area contributed by atoms with Gasteiger partial charge in [0.05, 0.1) is 17.2 Å². The number of aromatic nitrogens is 2. The molecule has 0 fully saturated rings. The van der Waals surface area contributed by atoms with Crippen molar-refractivity contribution >= 4 is 40.9 Å². The number of nitro benzene ring substituents is 1. The van der Waals surface area contributed by atoms with Gasteiger partial charge in [0.2, 0.25) is 0 Å². The molecule has 2 aromatic carbocycles. The summed E-state index contributed by atoms with van der Waals surface area (Å²) in [6, 6.07) is 15.3. The number of esters is 1. The molecule has 0 atom stereocenters. The zero-order valence-electron chi connectivity index (χ0n) is 17.0.